The monoisotopic (exact) mass is 699 g/mol. The molecule has 0 bridgehead atoms. The molecule has 1 saturated heterocycles. The zero-order valence-electron chi connectivity index (χ0n) is 29.5. The van der Waals surface area contributed by atoms with Crippen molar-refractivity contribution in [3.05, 3.63) is 93.3 Å². The molecule has 11 nitrogen and oxygen atoms in total. The summed E-state index contributed by atoms with van der Waals surface area (Å²) < 4.78 is 11.0. The molecule has 5 rings (SSSR count). The van der Waals surface area contributed by atoms with Gasteiger partial charge in [0.05, 0.1) is 18.8 Å². The van der Waals surface area contributed by atoms with Crippen LogP contribution in [0.2, 0.25) is 0 Å². The van der Waals surface area contributed by atoms with Crippen LogP contribution in [0.1, 0.15) is 102 Å². The summed E-state index contributed by atoms with van der Waals surface area (Å²) in [5.41, 5.74) is 1.65. The number of amides is 3. The van der Waals surface area contributed by atoms with Crippen molar-refractivity contribution in [1.29, 1.82) is 0 Å². The number of aromatic nitrogens is 2. The second-order valence-corrected chi connectivity index (χ2v) is 14.8. The molecule has 4 aromatic rings. The highest BCUT2D eigenvalue weighted by atomic mass is 32.1. The highest BCUT2D eigenvalue weighted by molar-refractivity contribution is 7.09. The molecule has 1 fully saturated rings. The first-order chi connectivity index (χ1) is 23.7. The molecule has 50 heavy (non-hydrogen) atoms. The van der Waals surface area contributed by atoms with Crippen molar-refractivity contribution in [2.75, 3.05) is 13.1 Å². The first-order valence-electron chi connectivity index (χ1n) is 16.9. The highest BCUT2D eigenvalue weighted by Gasteiger charge is 2.37. The van der Waals surface area contributed by atoms with E-state index >= 15 is 0 Å². The van der Waals surface area contributed by atoms with Gasteiger partial charge in [0.2, 0.25) is 5.89 Å². The van der Waals surface area contributed by atoms with Crippen LogP contribution in [0.4, 0.5) is 4.79 Å². The van der Waals surface area contributed by atoms with E-state index in [1.807, 2.05) is 36.6 Å². The van der Waals surface area contributed by atoms with E-state index in [0.717, 1.165) is 41.9 Å². The minimum absolute atomic E-state index is 0.153. The molecule has 0 saturated carbocycles. The zero-order valence-corrected chi connectivity index (χ0v) is 30.3. The minimum Gasteiger partial charge on any atom is -0.445 e. The summed E-state index contributed by atoms with van der Waals surface area (Å²) in [6.45, 7) is 11.1. The van der Waals surface area contributed by atoms with Crippen LogP contribution in [-0.4, -0.2) is 62.8 Å². The van der Waals surface area contributed by atoms with Gasteiger partial charge in [-0.1, -0.05) is 37.6 Å². The van der Waals surface area contributed by atoms with E-state index in [1.54, 1.807) is 44.7 Å². The van der Waals surface area contributed by atoms with Gasteiger partial charge in [-0.15, -0.1) is 11.3 Å². The van der Waals surface area contributed by atoms with E-state index < -0.39 is 28.9 Å². The number of carbonyl (C=O) groups is 4. The Labute approximate surface area is 296 Å². The number of alkyl carbamates (subject to hydrolysis) is 1. The maximum Gasteiger partial charge on any atom is 0.408 e. The van der Waals surface area contributed by atoms with Gasteiger partial charge in [-0.25, -0.2) is 14.8 Å². The smallest absolute Gasteiger partial charge is 0.408 e. The van der Waals surface area contributed by atoms with E-state index in [1.165, 1.54) is 35.4 Å². The molecule has 1 aliphatic rings. The van der Waals surface area contributed by atoms with Gasteiger partial charge in [-0.3, -0.25) is 14.4 Å². The zero-order chi connectivity index (χ0) is 36.1. The molecule has 0 radical (unpaired) electrons. The molecule has 3 amide bonds. The van der Waals surface area contributed by atoms with Gasteiger partial charge in [0.15, 0.2) is 5.78 Å². The Bertz CT molecular complexity index is 1830. The fourth-order valence-corrected chi connectivity index (χ4v) is 6.99. The molecular formula is C38H45N5O6S. The Morgan fingerprint density at radius 3 is 2.40 bits per heavy atom. The first-order valence-corrected chi connectivity index (χ1v) is 17.8. The number of thiazole rings is 1. The van der Waals surface area contributed by atoms with Crippen LogP contribution in [0, 0.1) is 6.92 Å². The molecule has 0 unspecified atom stereocenters. The summed E-state index contributed by atoms with van der Waals surface area (Å²) in [4.78, 5) is 65.1. The number of hydrogen-bond donors (Lipinski definition) is 2. The van der Waals surface area contributed by atoms with Crippen molar-refractivity contribution in [3.8, 4) is 11.5 Å². The number of likely N-dealkylation sites (tertiary alicyclic amines) is 1. The molecule has 2 atom stereocenters. The van der Waals surface area contributed by atoms with Crippen molar-refractivity contribution in [2.45, 2.75) is 90.8 Å². The van der Waals surface area contributed by atoms with Crippen LogP contribution < -0.4 is 10.6 Å². The molecular weight excluding hydrogens is 655 g/mol. The van der Waals surface area contributed by atoms with E-state index in [9.17, 15) is 19.2 Å². The Kier molecular flexibility index (Phi) is 11.2. The van der Waals surface area contributed by atoms with E-state index in [2.05, 4.69) is 27.5 Å². The summed E-state index contributed by atoms with van der Waals surface area (Å²) in [6.07, 6.45) is 5.93. The number of nitrogens with zero attached hydrogens (tertiary/aromatic N) is 3. The molecule has 264 valence electrons. The number of aryl methyl sites for hydroxylation is 2. The number of ether oxygens (including phenoxy) is 1. The third-order valence-corrected chi connectivity index (χ3v) is 9.54. The summed E-state index contributed by atoms with van der Waals surface area (Å²) in [7, 11) is 0. The lowest BCUT2D eigenvalue weighted by Crippen LogP contribution is -2.57. The van der Waals surface area contributed by atoms with E-state index in [-0.39, 0.29) is 36.4 Å². The van der Waals surface area contributed by atoms with Gasteiger partial charge in [-0.05, 0) is 83.2 Å². The Hall–Kier alpha value is -4.84. The normalized spacial score (nSPS) is 15.7. The van der Waals surface area contributed by atoms with Crippen LogP contribution in [0.3, 0.4) is 0 Å². The van der Waals surface area contributed by atoms with Gasteiger partial charge in [0, 0.05) is 40.7 Å². The quantitative estimate of drug-likeness (QED) is 0.163. The van der Waals surface area contributed by atoms with Crippen LogP contribution in [-0.2, 0) is 22.4 Å². The first kappa shape index (κ1) is 36.4. The van der Waals surface area contributed by atoms with Gasteiger partial charge < -0.3 is 24.7 Å². The number of nitrogens with one attached hydrogen (secondary N) is 2. The lowest BCUT2D eigenvalue weighted by molar-refractivity contribution is -0.123. The van der Waals surface area contributed by atoms with Crippen LogP contribution >= 0.6 is 11.3 Å². The molecule has 2 N–H and O–H groups in total. The van der Waals surface area contributed by atoms with Crippen molar-refractivity contribution < 1.29 is 28.3 Å². The van der Waals surface area contributed by atoms with Gasteiger partial charge in [0.25, 0.3) is 11.8 Å². The van der Waals surface area contributed by atoms with Crippen LogP contribution in [0.5, 0.6) is 0 Å². The topological polar surface area (TPSA) is 144 Å². The van der Waals surface area contributed by atoms with Crippen LogP contribution in [0.25, 0.3) is 11.5 Å². The standard InChI is InChI=1S/C38H45N5O6S/c1-7-9-25-11-13-26(14-12-25)21-38(6,42-36(47)49-37(3,4)5)31(44)22-40-32(45)27-18-28(33-39-15-17-48-33)20-29(19-27)35(46)43-16-8-10-30(43)34-41-24(2)23-50-34/h11-15,17-20,23,30H,7-10,16,21-22H2,1-6H3,(H,40,45)(H,42,47)/t30-,38-/m1/s1. The average Bonchev–Trinajstić information content (AvgIpc) is 3.85. The summed E-state index contributed by atoms with van der Waals surface area (Å²) >= 11 is 1.53. The number of Topliss-reactive ketones (excluding diaryl/α,β-unsaturated/α-hetero) is 1. The number of ketones is 1. The van der Waals surface area contributed by atoms with Crippen molar-refractivity contribution in [2.24, 2.45) is 0 Å². The highest BCUT2D eigenvalue weighted by Crippen LogP contribution is 2.35. The Balaban J connectivity index is 1.37. The van der Waals surface area contributed by atoms with Gasteiger partial charge >= 0.3 is 6.09 Å². The predicted molar refractivity (Wildman–Crippen MR) is 191 cm³/mol. The molecule has 1 aliphatic heterocycles. The number of carbonyl (C=O) groups excluding carboxylic acids is 4. The number of benzene rings is 2. The molecule has 2 aromatic carbocycles. The molecule has 3 heterocycles. The fraction of sp³-hybridized carbons (Fsp3) is 0.421. The van der Waals surface area contributed by atoms with Crippen molar-refractivity contribution >= 4 is 35.0 Å². The fourth-order valence-electron chi connectivity index (χ4n) is 6.05. The lowest BCUT2D eigenvalue weighted by Gasteiger charge is -2.31. The van der Waals surface area contributed by atoms with Gasteiger partial charge in [0.1, 0.15) is 22.4 Å². The SMILES string of the molecule is CCCc1ccc(C[C@@](C)(NC(=O)OC(C)(C)C)C(=O)CNC(=O)c2cc(C(=O)N3CCC[C@@H]3c3nc(C)cs3)cc(-c3ncco3)c2)cc1. The van der Waals surface area contributed by atoms with E-state index in [4.69, 9.17) is 9.15 Å². The molecule has 12 heteroatoms. The third-order valence-electron chi connectivity index (χ3n) is 8.48. The average molecular weight is 700 g/mol. The number of oxazole rings is 1. The second kappa shape index (κ2) is 15.4. The molecule has 0 spiro atoms. The van der Waals surface area contributed by atoms with E-state index in [0.29, 0.717) is 17.7 Å². The van der Waals surface area contributed by atoms with Crippen molar-refractivity contribution in [3.63, 3.8) is 0 Å². The second-order valence-electron chi connectivity index (χ2n) is 13.9. The molecule has 0 aliphatic carbocycles. The summed E-state index contributed by atoms with van der Waals surface area (Å²) in [6, 6.07) is 12.5. The van der Waals surface area contributed by atoms with Crippen LogP contribution in [0.15, 0.2) is 64.7 Å². The number of rotatable bonds is 12. The predicted octanol–water partition coefficient (Wildman–Crippen LogP) is 6.86. The lowest BCUT2D eigenvalue weighted by atomic mass is 9.87. The largest absolute Gasteiger partial charge is 0.445 e. The summed E-state index contributed by atoms with van der Waals surface area (Å²) in [5.74, 6) is -0.985. The van der Waals surface area contributed by atoms with Gasteiger partial charge in [-0.2, -0.15) is 0 Å². The Morgan fingerprint density at radius 2 is 1.76 bits per heavy atom. The number of hydrogen-bond acceptors (Lipinski definition) is 9. The third kappa shape index (κ3) is 9.03. The minimum atomic E-state index is -1.40. The van der Waals surface area contributed by atoms with Crippen molar-refractivity contribution in [1.82, 2.24) is 25.5 Å². The summed E-state index contributed by atoms with van der Waals surface area (Å²) in [5, 5.41) is 8.34. The maximum atomic E-state index is 14.0. The Morgan fingerprint density at radius 1 is 1.04 bits per heavy atom. The maximum absolute atomic E-state index is 14.0. The molecule has 2 aromatic heterocycles.